The Morgan fingerprint density at radius 2 is 1.70 bits per heavy atom. The third-order valence-electron chi connectivity index (χ3n) is 9.38. The number of hydrogen-bond acceptors (Lipinski definition) is 5. The summed E-state index contributed by atoms with van der Waals surface area (Å²) in [5.74, 6) is -1.49. The maximum atomic E-state index is 14.8. The molecular weight excluding hydrogens is 570 g/mol. The van der Waals surface area contributed by atoms with Crippen LogP contribution in [0.4, 0.5) is 5.69 Å². The highest BCUT2D eigenvalue weighted by Crippen LogP contribution is 2.66. The number of fused-ring (bicyclic) bond motifs is 2. The van der Waals surface area contributed by atoms with Crippen LogP contribution in [-0.4, -0.2) is 74.9 Å². The van der Waals surface area contributed by atoms with Crippen molar-refractivity contribution in [2.24, 2.45) is 11.8 Å². The first-order valence-electron chi connectivity index (χ1n) is 15.4. The number of nitrogens with zero attached hydrogens (tertiary/aromatic N) is 3. The molecule has 7 nitrogen and oxygen atoms in total. The van der Waals surface area contributed by atoms with Gasteiger partial charge in [-0.05, 0) is 47.7 Å². The van der Waals surface area contributed by atoms with Gasteiger partial charge >= 0.3 is 0 Å². The highest BCUT2D eigenvalue weighted by Gasteiger charge is 2.74. The molecule has 8 heteroatoms. The summed E-state index contributed by atoms with van der Waals surface area (Å²) in [6, 6.07) is 23.1. The molecule has 6 rings (SSSR count). The Hall–Kier alpha value is -3.88. The summed E-state index contributed by atoms with van der Waals surface area (Å²) in [7, 11) is 0. The van der Waals surface area contributed by atoms with Crippen molar-refractivity contribution in [1.29, 1.82) is 0 Å². The smallest absolute Gasteiger partial charge is 0.251 e. The minimum absolute atomic E-state index is 0.0386. The van der Waals surface area contributed by atoms with Crippen LogP contribution in [0, 0.1) is 11.8 Å². The van der Waals surface area contributed by atoms with E-state index in [0.717, 1.165) is 28.4 Å². The van der Waals surface area contributed by atoms with Crippen LogP contribution in [0.1, 0.15) is 24.8 Å². The van der Waals surface area contributed by atoms with Crippen LogP contribution in [0.5, 0.6) is 0 Å². The molecule has 1 N–H and O–H groups in total. The summed E-state index contributed by atoms with van der Waals surface area (Å²) in [5, 5.41) is 11.8. The van der Waals surface area contributed by atoms with Gasteiger partial charge in [0, 0.05) is 43.7 Å². The third kappa shape index (κ3) is 5.14. The molecule has 0 saturated carbocycles. The number of carbonyl (C=O) groups excluding carboxylic acids is 3. The predicted molar refractivity (Wildman–Crippen MR) is 176 cm³/mol. The van der Waals surface area contributed by atoms with E-state index in [4.69, 9.17) is 0 Å². The van der Waals surface area contributed by atoms with Gasteiger partial charge in [-0.3, -0.25) is 14.4 Å². The molecule has 2 unspecified atom stereocenters. The van der Waals surface area contributed by atoms with Crippen molar-refractivity contribution in [1.82, 2.24) is 9.80 Å². The average molecular weight is 610 g/mol. The topological polar surface area (TPSA) is 81.2 Å². The largest absolute Gasteiger partial charge is 0.396 e. The average Bonchev–Trinajstić information content (AvgIpc) is 3.69. The van der Waals surface area contributed by atoms with Gasteiger partial charge in [-0.2, -0.15) is 0 Å². The number of benzene rings is 3. The second-order valence-corrected chi connectivity index (χ2v) is 13.5. The zero-order chi connectivity index (χ0) is 30.8. The molecule has 3 aliphatic heterocycles. The second kappa shape index (κ2) is 12.6. The molecule has 3 aromatic rings. The van der Waals surface area contributed by atoms with E-state index in [1.54, 1.807) is 38.6 Å². The molecule has 5 atom stereocenters. The molecule has 228 valence electrons. The van der Waals surface area contributed by atoms with Crippen molar-refractivity contribution in [2.75, 3.05) is 31.1 Å². The van der Waals surface area contributed by atoms with Gasteiger partial charge in [-0.15, -0.1) is 24.9 Å². The van der Waals surface area contributed by atoms with Crippen LogP contribution in [0.2, 0.25) is 0 Å². The number of rotatable bonds is 12. The van der Waals surface area contributed by atoms with Crippen LogP contribution in [0.25, 0.3) is 10.8 Å². The number of carbonyl (C=O) groups is 3. The van der Waals surface area contributed by atoms with Gasteiger partial charge in [-0.1, -0.05) is 72.8 Å². The number of thioether (sulfide) groups is 1. The fraction of sp³-hybridized carbons (Fsp3) is 0.361. The van der Waals surface area contributed by atoms with Crippen LogP contribution in [-0.2, 0) is 20.9 Å². The first-order valence-corrected chi connectivity index (χ1v) is 16.3. The molecule has 0 radical (unpaired) electrons. The summed E-state index contributed by atoms with van der Waals surface area (Å²) < 4.78 is -0.711. The lowest BCUT2D eigenvalue weighted by molar-refractivity contribution is -0.144. The number of anilines is 1. The molecule has 0 aliphatic carbocycles. The Balaban J connectivity index is 1.37. The van der Waals surface area contributed by atoms with Gasteiger partial charge in [0.2, 0.25) is 11.8 Å². The number of hydrogen-bond donors (Lipinski definition) is 1. The number of aliphatic hydroxyl groups excluding tert-OH is 1. The highest BCUT2D eigenvalue weighted by molar-refractivity contribution is 8.02. The minimum atomic E-state index is -0.743. The Morgan fingerprint density at radius 1 is 0.977 bits per heavy atom. The molecular formula is C36H39N3O4S. The quantitative estimate of drug-likeness (QED) is 0.291. The SMILES string of the molecule is C=CCN(Cc1ccccc1)C(=O)[C@@H]1[C@@H]2CCC3(S2)C(C(=O)N(CC=C)c2ccc4ccccc4c2)N(CCCO)C(=O)[C@H]13. The molecule has 3 heterocycles. The molecule has 3 aliphatic rings. The standard InChI is InChI=1S/C36H39N3O4S/c1-3-19-37(24-25-11-6-5-7-12-25)33(41)30-29-17-18-36(44-29)31(30)34(42)39(21-10-22-40)32(36)35(43)38(20-4-2)28-16-15-26-13-8-9-14-27(26)23-28/h3-9,11-16,23,29-32,40H,1-2,10,17-22,24H2/t29-,30+,31-,32?,36?/m0/s1. The van der Waals surface area contributed by atoms with E-state index < -0.39 is 22.6 Å². The molecule has 3 saturated heterocycles. The molecule has 3 aromatic carbocycles. The van der Waals surface area contributed by atoms with Crippen molar-refractivity contribution < 1.29 is 19.5 Å². The lowest BCUT2D eigenvalue weighted by atomic mass is 9.70. The van der Waals surface area contributed by atoms with Gasteiger partial charge in [0.15, 0.2) is 0 Å². The first kappa shape index (κ1) is 30.2. The van der Waals surface area contributed by atoms with Crippen molar-refractivity contribution in [3.63, 3.8) is 0 Å². The predicted octanol–water partition coefficient (Wildman–Crippen LogP) is 5.05. The van der Waals surface area contributed by atoms with E-state index in [1.165, 1.54) is 0 Å². The van der Waals surface area contributed by atoms with E-state index in [-0.39, 0.29) is 42.7 Å². The Bertz CT molecular complexity index is 1580. The maximum absolute atomic E-state index is 14.8. The first-order chi connectivity index (χ1) is 21.4. The Kier molecular flexibility index (Phi) is 8.65. The maximum Gasteiger partial charge on any atom is 0.251 e. The molecule has 0 aromatic heterocycles. The second-order valence-electron chi connectivity index (χ2n) is 11.9. The fourth-order valence-electron chi connectivity index (χ4n) is 7.54. The zero-order valence-electron chi connectivity index (χ0n) is 24.9. The summed E-state index contributed by atoms with van der Waals surface area (Å²) in [5.41, 5.74) is 1.76. The molecule has 2 bridgehead atoms. The van der Waals surface area contributed by atoms with Crippen molar-refractivity contribution >= 4 is 45.9 Å². The third-order valence-corrected chi connectivity index (χ3v) is 11.3. The summed E-state index contributed by atoms with van der Waals surface area (Å²) in [6.45, 7) is 9.08. The number of likely N-dealkylation sites (tertiary alicyclic amines) is 1. The number of aliphatic hydroxyl groups is 1. The van der Waals surface area contributed by atoms with E-state index in [1.807, 2.05) is 72.8 Å². The normalized spacial score (nSPS) is 25.2. The van der Waals surface area contributed by atoms with Crippen LogP contribution in [0.15, 0.2) is 98.1 Å². The molecule has 3 fully saturated rings. The van der Waals surface area contributed by atoms with Gasteiger partial charge < -0.3 is 19.8 Å². The summed E-state index contributed by atoms with van der Waals surface area (Å²) >= 11 is 1.67. The van der Waals surface area contributed by atoms with Gasteiger partial charge in [0.25, 0.3) is 5.91 Å². The van der Waals surface area contributed by atoms with Crippen molar-refractivity contribution in [2.45, 2.75) is 41.8 Å². The van der Waals surface area contributed by atoms with Gasteiger partial charge in [-0.25, -0.2) is 0 Å². The minimum Gasteiger partial charge on any atom is -0.396 e. The number of amides is 3. The van der Waals surface area contributed by atoms with E-state index in [9.17, 15) is 19.5 Å². The molecule has 1 spiro atoms. The van der Waals surface area contributed by atoms with Crippen molar-refractivity contribution in [3.8, 4) is 0 Å². The van der Waals surface area contributed by atoms with Gasteiger partial charge in [0.1, 0.15) is 6.04 Å². The Labute approximate surface area is 263 Å². The fourth-order valence-corrected chi connectivity index (χ4v) is 9.75. The zero-order valence-corrected chi connectivity index (χ0v) is 25.7. The monoisotopic (exact) mass is 609 g/mol. The van der Waals surface area contributed by atoms with Gasteiger partial charge in [0.05, 0.1) is 16.6 Å². The van der Waals surface area contributed by atoms with E-state index in [0.29, 0.717) is 25.9 Å². The lowest BCUT2D eigenvalue weighted by Gasteiger charge is -2.37. The highest BCUT2D eigenvalue weighted by atomic mass is 32.2. The molecule has 44 heavy (non-hydrogen) atoms. The van der Waals surface area contributed by atoms with Crippen LogP contribution in [0.3, 0.4) is 0 Å². The Morgan fingerprint density at radius 3 is 2.43 bits per heavy atom. The van der Waals surface area contributed by atoms with E-state index >= 15 is 0 Å². The van der Waals surface area contributed by atoms with E-state index in [2.05, 4.69) is 13.2 Å². The molecule has 3 amide bonds. The van der Waals surface area contributed by atoms with Crippen LogP contribution >= 0.6 is 11.8 Å². The summed E-state index contributed by atoms with van der Waals surface area (Å²) in [4.78, 5) is 48.7. The van der Waals surface area contributed by atoms with Crippen molar-refractivity contribution in [3.05, 3.63) is 104 Å². The van der Waals surface area contributed by atoms with Crippen LogP contribution < -0.4 is 4.90 Å². The lowest BCUT2D eigenvalue weighted by Crippen LogP contribution is -2.55. The summed E-state index contributed by atoms with van der Waals surface area (Å²) in [6.07, 6.45) is 5.25.